The quantitative estimate of drug-likeness (QED) is 0.823. The van der Waals surface area contributed by atoms with Gasteiger partial charge in [0, 0.05) is 23.8 Å². The highest BCUT2D eigenvalue weighted by atomic mass is 32.1. The smallest absolute Gasteiger partial charge is 0.115 e. The number of aromatic nitrogens is 3. The predicted molar refractivity (Wildman–Crippen MR) is 56.1 cm³/mol. The largest absolute Gasteiger partial charge is 0.326 e. The molecule has 2 aromatic rings. The van der Waals surface area contributed by atoms with Gasteiger partial charge >= 0.3 is 0 Å². The molecule has 0 aliphatic heterocycles. The van der Waals surface area contributed by atoms with Crippen LogP contribution in [0.4, 0.5) is 0 Å². The van der Waals surface area contributed by atoms with E-state index in [9.17, 15) is 0 Å². The van der Waals surface area contributed by atoms with Crippen LogP contribution in [0.15, 0.2) is 18.5 Å². The van der Waals surface area contributed by atoms with Crippen LogP contribution in [0.2, 0.25) is 0 Å². The molecule has 2 aromatic heterocycles. The minimum Gasteiger partial charge on any atom is -0.326 e. The standard InChI is InChI=1S/C9H12N4S/c1-7-8(5-10)14-9(12-7)6-13-4-2-3-11-13/h2-4H,5-6,10H2,1H3. The fourth-order valence-electron chi connectivity index (χ4n) is 1.28. The SMILES string of the molecule is Cc1nc(Cn2cccn2)sc1CN. The summed E-state index contributed by atoms with van der Waals surface area (Å²) in [6.07, 6.45) is 3.70. The number of hydrogen-bond donors (Lipinski definition) is 1. The van der Waals surface area contributed by atoms with Crippen LogP contribution in [-0.2, 0) is 13.1 Å². The maximum Gasteiger partial charge on any atom is 0.115 e. The van der Waals surface area contributed by atoms with Crippen molar-refractivity contribution < 1.29 is 0 Å². The van der Waals surface area contributed by atoms with E-state index in [1.807, 2.05) is 23.9 Å². The van der Waals surface area contributed by atoms with Gasteiger partial charge in [-0.3, -0.25) is 4.68 Å². The normalized spacial score (nSPS) is 10.7. The summed E-state index contributed by atoms with van der Waals surface area (Å²) in [5.41, 5.74) is 6.63. The summed E-state index contributed by atoms with van der Waals surface area (Å²) in [6.45, 7) is 3.30. The first-order valence-electron chi connectivity index (χ1n) is 4.42. The molecule has 0 fully saturated rings. The van der Waals surface area contributed by atoms with Gasteiger partial charge in [0.2, 0.25) is 0 Å². The highest BCUT2D eigenvalue weighted by Crippen LogP contribution is 2.17. The minimum absolute atomic E-state index is 0.572. The fourth-order valence-corrected chi connectivity index (χ4v) is 2.22. The lowest BCUT2D eigenvalue weighted by Crippen LogP contribution is -1.98. The van der Waals surface area contributed by atoms with Crippen molar-refractivity contribution in [2.45, 2.75) is 20.0 Å². The van der Waals surface area contributed by atoms with E-state index < -0.39 is 0 Å². The second kappa shape index (κ2) is 3.89. The number of nitrogens with zero attached hydrogens (tertiary/aromatic N) is 3. The Balaban J connectivity index is 2.17. The van der Waals surface area contributed by atoms with Crippen LogP contribution in [0.5, 0.6) is 0 Å². The van der Waals surface area contributed by atoms with Crippen LogP contribution in [0.25, 0.3) is 0 Å². The Bertz CT molecular complexity index is 404. The summed E-state index contributed by atoms with van der Waals surface area (Å²) in [5, 5.41) is 5.19. The van der Waals surface area contributed by atoms with Crippen LogP contribution in [0, 0.1) is 6.92 Å². The third kappa shape index (κ3) is 1.83. The molecule has 14 heavy (non-hydrogen) atoms. The van der Waals surface area contributed by atoms with Gasteiger partial charge < -0.3 is 5.73 Å². The van der Waals surface area contributed by atoms with Gasteiger partial charge in [-0.2, -0.15) is 5.10 Å². The summed E-state index contributed by atoms with van der Waals surface area (Å²) >= 11 is 1.66. The van der Waals surface area contributed by atoms with Gasteiger partial charge in [0.15, 0.2) is 0 Å². The van der Waals surface area contributed by atoms with Crippen molar-refractivity contribution in [2.24, 2.45) is 5.73 Å². The fraction of sp³-hybridized carbons (Fsp3) is 0.333. The first kappa shape index (κ1) is 9.36. The molecule has 2 heterocycles. The molecule has 0 saturated carbocycles. The monoisotopic (exact) mass is 208 g/mol. The number of nitrogens with two attached hydrogens (primary N) is 1. The summed E-state index contributed by atoms with van der Waals surface area (Å²) in [5.74, 6) is 0. The Morgan fingerprint density at radius 3 is 3.00 bits per heavy atom. The van der Waals surface area contributed by atoms with Gasteiger partial charge in [-0.25, -0.2) is 4.98 Å². The third-order valence-corrected chi connectivity index (χ3v) is 3.14. The highest BCUT2D eigenvalue weighted by Gasteiger charge is 2.06. The summed E-state index contributed by atoms with van der Waals surface area (Å²) in [4.78, 5) is 5.59. The Labute approximate surface area is 86.4 Å². The van der Waals surface area contributed by atoms with E-state index in [0.717, 1.165) is 22.1 Å². The molecule has 74 valence electrons. The molecule has 0 aliphatic rings. The molecule has 0 radical (unpaired) electrons. The maximum atomic E-state index is 5.59. The molecule has 2 N–H and O–H groups in total. The van der Waals surface area contributed by atoms with Gasteiger partial charge in [0.1, 0.15) is 5.01 Å². The molecule has 2 rings (SSSR count). The number of thiazole rings is 1. The van der Waals surface area contributed by atoms with Crippen molar-refractivity contribution in [3.63, 3.8) is 0 Å². The molecular weight excluding hydrogens is 196 g/mol. The molecule has 0 unspecified atom stereocenters. The Morgan fingerprint density at radius 1 is 1.57 bits per heavy atom. The Hall–Kier alpha value is -1.20. The van der Waals surface area contributed by atoms with Gasteiger partial charge in [0.05, 0.1) is 12.2 Å². The average Bonchev–Trinajstić information content (AvgIpc) is 2.76. The molecule has 0 bridgehead atoms. The first-order valence-corrected chi connectivity index (χ1v) is 5.24. The maximum absolute atomic E-state index is 5.59. The van der Waals surface area contributed by atoms with E-state index in [1.165, 1.54) is 0 Å². The number of aryl methyl sites for hydroxylation is 1. The molecule has 0 atom stereocenters. The van der Waals surface area contributed by atoms with Gasteiger partial charge in [-0.15, -0.1) is 11.3 Å². The second-order valence-electron chi connectivity index (χ2n) is 3.02. The molecule has 0 aliphatic carbocycles. The second-order valence-corrected chi connectivity index (χ2v) is 4.19. The minimum atomic E-state index is 0.572. The van der Waals surface area contributed by atoms with Gasteiger partial charge in [-0.1, -0.05) is 0 Å². The number of hydrogen-bond acceptors (Lipinski definition) is 4. The first-order chi connectivity index (χ1) is 6.79. The molecule has 0 saturated heterocycles. The van der Waals surface area contributed by atoms with Crippen LogP contribution in [-0.4, -0.2) is 14.8 Å². The van der Waals surface area contributed by atoms with Gasteiger partial charge in [-0.05, 0) is 13.0 Å². The summed E-state index contributed by atoms with van der Waals surface area (Å²) in [7, 11) is 0. The van der Waals surface area contributed by atoms with E-state index in [2.05, 4.69) is 10.1 Å². The topological polar surface area (TPSA) is 56.7 Å². The zero-order chi connectivity index (χ0) is 9.97. The lowest BCUT2D eigenvalue weighted by molar-refractivity contribution is 0.682. The lowest BCUT2D eigenvalue weighted by atomic mass is 10.4. The molecule has 4 nitrogen and oxygen atoms in total. The van der Waals surface area contributed by atoms with Crippen molar-refractivity contribution in [3.05, 3.63) is 34.0 Å². The van der Waals surface area contributed by atoms with Crippen molar-refractivity contribution in [1.82, 2.24) is 14.8 Å². The molecular formula is C9H12N4S. The summed E-state index contributed by atoms with van der Waals surface area (Å²) in [6, 6.07) is 1.91. The summed E-state index contributed by atoms with van der Waals surface area (Å²) < 4.78 is 1.86. The Morgan fingerprint density at radius 2 is 2.43 bits per heavy atom. The van der Waals surface area contributed by atoms with Crippen molar-refractivity contribution in [1.29, 1.82) is 0 Å². The predicted octanol–water partition coefficient (Wildman–Crippen LogP) is 1.16. The van der Waals surface area contributed by atoms with E-state index >= 15 is 0 Å². The number of rotatable bonds is 3. The Kier molecular flexibility index (Phi) is 2.60. The van der Waals surface area contributed by atoms with E-state index in [1.54, 1.807) is 17.5 Å². The zero-order valence-corrected chi connectivity index (χ0v) is 8.79. The molecule has 0 amide bonds. The van der Waals surface area contributed by atoms with Crippen molar-refractivity contribution in [3.8, 4) is 0 Å². The third-order valence-electron chi connectivity index (χ3n) is 1.98. The highest BCUT2D eigenvalue weighted by molar-refractivity contribution is 7.11. The van der Waals surface area contributed by atoms with E-state index in [4.69, 9.17) is 5.73 Å². The lowest BCUT2D eigenvalue weighted by Gasteiger charge is -1.95. The zero-order valence-electron chi connectivity index (χ0n) is 7.97. The van der Waals surface area contributed by atoms with Crippen molar-refractivity contribution >= 4 is 11.3 Å². The van der Waals surface area contributed by atoms with Crippen LogP contribution >= 0.6 is 11.3 Å². The van der Waals surface area contributed by atoms with Crippen LogP contribution in [0.3, 0.4) is 0 Å². The van der Waals surface area contributed by atoms with Gasteiger partial charge in [0.25, 0.3) is 0 Å². The van der Waals surface area contributed by atoms with E-state index in [-0.39, 0.29) is 0 Å². The molecule has 0 aromatic carbocycles. The average molecular weight is 208 g/mol. The molecule has 0 spiro atoms. The molecule has 5 heteroatoms. The van der Waals surface area contributed by atoms with Crippen molar-refractivity contribution in [2.75, 3.05) is 0 Å². The van der Waals surface area contributed by atoms with E-state index in [0.29, 0.717) is 6.54 Å². The van der Waals surface area contributed by atoms with Crippen LogP contribution in [0.1, 0.15) is 15.6 Å². The van der Waals surface area contributed by atoms with Crippen LogP contribution < -0.4 is 5.73 Å².